The van der Waals surface area contributed by atoms with E-state index in [4.69, 9.17) is 0 Å². The molecule has 0 unspecified atom stereocenters. The van der Waals surface area contributed by atoms with Gasteiger partial charge < -0.3 is 9.88 Å². The minimum atomic E-state index is -0.385. The average Bonchev–Trinajstić information content (AvgIpc) is 3.15. The zero-order valence-electron chi connectivity index (χ0n) is 23.0. The molecule has 0 radical (unpaired) electrons. The maximum absolute atomic E-state index is 12.9. The Morgan fingerprint density at radius 3 is 2.16 bits per heavy atom. The first-order valence-corrected chi connectivity index (χ1v) is 14.0. The molecule has 1 heterocycles. The van der Waals surface area contributed by atoms with Gasteiger partial charge in [-0.05, 0) is 136 Å². The first-order chi connectivity index (χ1) is 18.2. The Morgan fingerprint density at radius 1 is 0.947 bits per heavy atom. The molecule has 7 rings (SSSR count). The Labute approximate surface area is 226 Å². The smallest absolute Gasteiger partial charge is 0.266 e. The standard InChI is InChI=1S/C34H37N3O/c1-21-5-10-32(22(2)11-21)36-33(38)29(20-35)16-28-12-23(3)37(24(28)4)31-8-6-30(7-9-31)34-17-25-13-26(18-34)15-27(14-25)19-34/h5-12,16,25-27H,13-15,17-19H2,1-4H3,(H,36,38)/b29-16-. The summed E-state index contributed by atoms with van der Waals surface area (Å²) in [4.78, 5) is 12.9. The zero-order chi connectivity index (χ0) is 26.6. The van der Waals surface area contributed by atoms with Gasteiger partial charge in [0.05, 0.1) is 0 Å². The highest BCUT2D eigenvalue weighted by atomic mass is 16.1. The number of amides is 1. The fourth-order valence-corrected chi connectivity index (χ4v) is 8.21. The van der Waals surface area contributed by atoms with Crippen LogP contribution < -0.4 is 5.32 Å². The molecule has 2 aromatic carbocycles. The van der Waals surface area contributed by atoms with E-state index in [-0.39, 0.29) is 11.5 Å². The molecule has 4 saturated carbocycles. The van der Waals surface area contributed by atoms with Crippen LogP contribution in [0.4, 0.5) is 5.69 Å². The van der Waals surface area contributed by atoms with Crippen molar-refractivity contribution >= 4 is 17.7 Å². The fraction of sp³-hybridized carbons (Fsp3) is 0.412. The van der Waals surface area contributed by atoms with E-state index in [9.17, 15) is 10.1 Å². The Kier molecular flexibility index (Phi) is 6.06. The van der Waals surface area contributed by atoms with E-state index in [0.717, 1.165) is 57.2 Å². The van der Waals surface area contributed by atoms with Crippen LogP contribution in [0.25, 0.3) is 11.8 Å². The van der Waals surface area contributed by atoms with Gasteiger partial charge in [0.2, 0.25) is 0 Å². The van der Waals surface area contributed by atoms with Crippen LogP contribution >= 0.6 is 0 Å². The Balaban J connectivity index is 1.25. The second-order valence-electron chi connectivity index (χ2n) is 12.3. The first kappa shape index (κ1) is 24.7. The van der Waals surface area contributed by atoms with Gasteiger partial charge in [-0.15, -0.1) is 0 Å². The van der Waals surface area contributed by atoms with Crippen molar-refractivity contribution in [1.82, 2.24) is 4.57 Å². The molecular weight excluding hydrogens is 466 g/mol. The number of nitrogens with zero attached hydrogens (tertiary/aromatic N) is 2. The minimum absolute atomic E-state index is 0.0994. The van der Waals surface area contributed by atoms with Crippen LogP contribution in [0.1, 0.15) is 72.2 Å². The number of aryl methyl sites for hydroxylation is 3. The van der Waals surface area contributed by atoms with E-state index in [1.54, 1.807) is 6.08 Å². The van der Waals surface area contributed by atoms with Crippen LogP contribution in [0.5, 0.6) is 0 Å². The molecule has 1 amide bonds. The number of aromatic nitrogens is 1. The number of carbonyl (C=O) groups excluding carboxylic acids is 1. The summed E-state index contributed by atoms with van der Waals surface area (Å²) >= 11 is 0. The molecular formula is C34H37N3O. The summed E-state index contributed by atoms with van der Waals surface area (Å²) in [6.07, 6.45) is 10.2. The molecule has 0 spiro atoms. The number of rotatable bonds is 5. The third-order valence-electron chi connectivity index (χ3n) is 9.54. The minimum Gasteiger partial charge on any atom is -0.321 e. The Hall–Kier alpha value is -3.58. The number of benzene rings is 2. The van der Waals surface area contributed by atoms with Gasteiger partial charge in [-0.3, -0.25) is 4.79 Å². The van der Waals surface area contributed by atoms with Crippen LogP contribution in [0.2, 0.25) is 0 Å². The summed E-state index contributed by atoms with van der Waals surface area (Å²) < 4.78 is 2.23. The molecule has 194 valence electrons. The Bertz CT molecular complexity index is 1450. The van der Waals surface area contributed by atoms with Crippen LogP contribution in [0, 0.1) is 56.8 Å². The summed E-state index contributed by atoms with van der Waals surface area (Å²) in [5.41, 5.74) is 8.99. The molecule has 4 nitrogen and oxygen atoms in total. The quantitative estimate of drug-likeness (QED) is 0.286. The van der Waals surface area contributed by atoms with E-state index in [2.05, 4.69) is 60.1 Å². The van der Waals surface area contributed by atoms with Gasteiger partial charge in [0.25, 0.3) is 5.91 Å². The highest BCUT2D eigenvalue weighted by Crippen LogP contribution is 2.60. The number of nitrogens with one attached hydrogen (secondary N) is 1. The average molecular weight is 504 g/mol. The summed E-state index contributed by atoms with van der Waals surface area (Å²) in [7, 11) is 0. The lowest BCUT2D eigenvalue weighted by Gasteiger charge is -2.57. The van der Waals surface area contributed by atoms with Crippen molar-refractivity contribution in [2.45, 2.75) is 71.6 Å². The van der Waals surface area contributed by atoms with Crippen molar-refractivity contribution in [3.05, 3.63) is 87.7 Å². The number of nitriles is 1. The highest BCUT2D eigenvalue weighted by molar-refractivity contribution is 6.10. The lowest BCUT2D eigenvalue weighted by Crippen LogP contribution is -2.48. The zero-order valence-corrected chi connectivity index (χ0v) is 23.0. The van der Waals surface area contributed by atoms with Crippen molar-refractivity contribution in [2.24, 2.45) is 17.8 Å². The van der Waals surface area contributed by atoms with Gasteiger partial charge in [0.15, 0.2) is 0 Å². The SMILES string of the molecule is Cc1ccc(NC(=O)/C(C#N)=C\c2cc(C)n(-c3ccc(C45CC6CC(CC(C6)C4)C5)cc3)c2C)c(C)c1. The third kappa shape index (κ3) is 4.29. The van der Waals surface area contributed by atoms with Gasteiger partial charge in [0, 0.05) is 22.8 Å². The molecule has 1 N–H and O–H groups in total. The number of hydrogen-bond acceptors (Lipinski definition) is 2. The fourth-order valence-electron chi connectivity index (χ4n) is 8.21. The molecule has 4 bridgehead atoms. The summed E-state index contributed by atoms with van der Waals surface area (Å²) in [5, 5.41) is 12.7. The molecule has 0 atom stereocenters. The van der Waals surface area contributed by atoms with Gasteiger partial charge >= 0.3 is 0 Å². The van der Waals surface area contributed by atoms with Crippen LogP contribution in [-0.4, -0.2) is 10.5 Å². The van der Waals surface area contributed by atoms with E-state index in [0.29, 0.717) is 5.41 Å². The molecule has 4 heteroatoms. The largest absolute Gasteiger partial charge is 0.321 e. The highest BCUT2D eigenvalue weighted by Gasteiger charge is 2.51. The van der Waals surface area contributed by atoms with Gasteiger partial charge in [-0.1, -0.05) is 29.8 Å². The predicted octanol–water partition coefficient (Wildman–Crippen LogP) is 7.72. The lowest BCUT2D eigenvalue weighted by molar-refractivity contribution is -0.112. The predicted molar refractivity (Wildman–Crippen MR) is 153 cm³/mol. The summed E-state index contributed by atoms with van der Waals surface area (Å²) in [6.45, 7) is 8.12. The third-order valence-corrected chi connectivity index (χ3v) is 9.54. The molecule has 4 fully saturated rings. The van der Waals surface area contributed by atoms with E-state index >= 15 is 0 Å². The van der Waals surface area contributed by atoms with Crippen LogP contribution in [0.3, 0.4) is 0 Å². The normalized spacial score (nSPS) is 25.9. The van der Waals surface area contributed by atoms with Crippen LogP contribution in [0.15, 0.2) is 54.1 Å². The van der Waals surface area contributed by atoms with E-state index in [1.807, 2.05) is 32.0 Å². The molecule has 1 aromatic heterocycles. The molecule has 0 saturated heterocycles. The van der Waals surface area contributed by atoms with Crippen molar-refractivity contribution in [1.29, 1.82) is 5.26 Å². The Morgan fingerprint density at radius 2 is 1.58 bits per heavy atom. The maximum Gasteiger partial charge on any atom is 0.266 e. The molecule has 4 aliphatic rings. The monoisotopic (exact) mass is 503 g/mol. The van der Waals surface area contributed by atoms with Gasteiger partial charge in [-0.2, -0.15) is 5.26 Å². The van der Waals surface area contributed by atoms with Crippen molar-refractivity contribution in [2.75, 3.05) is 5.32 Å². The number of carbonyl (C=O) groups is 1. The van der Waals surface area contributed by atoms with Gasteiger partial charge in [0.1, 0.15) is 11.6 Å². The lowest BCUT2D eigenvalue weighted by atomic mass is 9.48. The second kappa shape index (κ2) is 9.31. The number of anilines is 1. The maximum atomic E-state index is 12.9. The molecule has 3 aromatic rings. The molecule has 0 aliphatic heterocycles. The molecule has 38 heavy (non-hydrogen) atoms. The molecule has 4 aliphatic carbocycles. The van der Waals surface area contributed by atoms with Crippen LogP contribution in [-0.2, 0) is 10.2 Å². The van der Waals surface area contributed by atoms with Crippen molar-refractivity contribution in [3.63, 3.8) is 0 Å². The van der Waals surface area contributed by atoms with E-state index in [1.165, 1.54) is 44.1 Å². The number of hydrogen-bond donors (Lipinski definition) is 1. The topological polar surface area (TPSA) is 57.8 Å². The summed E-state index contributed by atoms with van der Waals surface area (Å²) in [5.74, 6) is 2.42. The second-order valence-corrected chi connectivity index (χ2v) is 12.3. The first-order valence-electron chi connectivity index (χ1n) is 14.0. The van der Waals surface area contributed by atoms with Crippen molar-refractivity contribution in [3.8, 4) is 11.8 Å². The van der Waals surface area contributed by atoms with Crippen molar-refractivity contribution < 1.29 is 4.79 Å². The summed E-state index contributed by atoms with van der Waals surface area (Å²) in [6, 6.07) is 19.3. The van der Waals surface area contributed by atoms with E-state index < -0.39 is 0 Å². The van der Waals surface area contributed by atoms with Gasteiger partial charge in [-0.25, -0.2) is 0 Å².